The molecule has 3 N–H and O–H groups in total. The Balaban J connectivity index is 0.000000223. The molecule has 1 unspecified atom stereocenters. The van der Waals surface area contributed by atoms with E-state index in [4.69, 9.17) is 10.3 Å². The highest BCUT2D eigenvalue weighted by Crippen LogP contribution is 2.22. The second-order valence-corrected chi connectivity index (χ2v) is 7.87. The third-order valence-corrected chi connectivity index (χ3v) is 5.62. The van der Waals surface area contributed by atoms with Crippen LogP contribution in [-0.2, 0) is 6.42 Å². The molecule has 1 aliphatic heterocycles. The van der Waals surface area contributed by atoms with Gasteiger partial charge in [0.1, 0.15) is 11.6 Å². The zero-order valence-electron chi connectivity index (χ0n) is 16.5. The number of nitrogens with two attached hydrogens (primary N) is 1. The SMILES string of the molecule is CNSc1c(C)noc1C.NC(CCN1CCCC1)Cc1ccccc1F. The highest BCUT2D eigenvalue weighted by atomic mass is 32.2. The minimum atomic E-state index is -0.135. The average Bonchev–Trinajstić information content (AvgIpc) is 3.28. The first kappa shape index (κ1) is 21.9. The van der Waals surface area contributed by atoms with Crippen LogP contribution >= 0.6 is 11.9 Å². The third kappa shape index (κ3) is 7.25. The third-order valence-electron chi connectivity index (χ3n) is 4.63. The quantitative estimate of drug-likeness (QED) is 0.698. The lowest BCUT2D eigenvalue weighted by Crippen LogP contribution is -2.30. The number of nitrogens with zero attached hydrogens (tertiary/aromatic N) is 2. The van der Waals surface area contributed by atoms with Crippen molar-refractivity contribution in [3.63, 3.8) is 0 Å². The lowest BCUT2D eigenvalue weighted by atomic mass is 10.0. The Hall–Kier alpha value is -1.41. The Kier molecular flexibility index (Phi) is 9.27. The first-order valence-electron chi connectivity index (χ1n) is 9.49. The molecule has 0 spiro atoms. The van der Waals surface area contributed by atoms with E-state index in [2.05, 4.69) is 14.8 Å². The fourth-order valence-corrected chi connectivity index (χ4v) is 3.70. The second-order valence-electron chi connectivity index (χ2n) is 6.85. The molecule has 150 valence electrons. The van der Waals surface area contributed by atoms with E-state index in [9.17, 15) is 4.39 Å². The fourth-order valence-electron chi connectivity index (χ4n) is 3.13. The summed E-state index contributed by atoms with van der Waals surface area (Å²) in [5.41, 5.74) is 7.74. The largest absolute Gasteiger partial charge is 0.360 e. The number of aryl methyl sites for hydroxylation is 2. The molecule has 1 aliphatic rings. The number of aromatic nitrogens is 1. The van der Waals surface area contributed by atoms with E-state index >= 15 is 0 Å². The summed E-state index contributed by atoms with van der Waals surface area (Å²) in [7, 11) is 1.87. The molecule has 1 aromatic carbocycles. The van der Waals surface area contributed by atoms with Crippen LogP contribution in [0.4, 0.5) is 4.39 Å². The van der Waals surface area contributed by atoms with Gasteiger partial charge in [-0.2, -0.15) is 0 Å². The molecule has 3 rings (SSSR count). The van der Waals surface area contributed by atoms with Gasteiger partial charge in [-0.3, -0.25) is 4.72 Å². The predicted molar refractivity (Wildman–Crippen MR) is 109 cm³/mol. The molecule has 2 heterocycles. The van der Waals surface area contributed by atoms with Gasteiger partial charge < -0.3 is 15.2 Å². The van der Waals surface area contributed by atoms with Gasteiger partial charge in [0.25, 0.3) is 0 Å². The van der Waals surface area contributed by atoms with Crippen LogP contribution in [-0.4, -0.2) is 42.8 Å². The van der Waals surface area contributed by atoms with E-state index in [-0.39, 0.29) is 11.9 Å². The molecule has 1 fully saturated rings. The minimum Gasteiger partial charge on any atom is -0.360 e. The summed E-state index contributed by atoms with van der Waals surface area (Å²) >= 11 is 1.53. The van der Waals surface area contributed by atoms with Gasteiger partial charge in [0.15, 0.2) is 0 Å². The molecule has 0 bridgehead atoms. The summed E-state index contributed by atoms with van der Waals surface area (Å²) in [6.07, 6.45) is 4.21. The summed E-state index contributed by atoms with van der Waals surface area (Å²) in [4.78, 5) is 3.53. The molecule has 1 atom stereocenters. The van der Waals surface area contributed by atoms with Crippen LogP contribution in [0.3, 0.4) is 0 Å². The number of likely N-dealkylation sites (tertiary alicyclic amines) is 1. The normalized spacial score (nSPS) is 15.4. The van der Waals surface area contributed by atoms with Gasteiger partial charge >= 0.3 is 0 Å². The van der Waals surface area contributed by atoms with Gasteiger partial charge in [0.05, 0.1) is 10.6 Å². The van der Waals surface area contributed by atoms with E-state index in [0.717, 1.165) is 34.9 Å². The first-order valence-corrected chi connectivity index (χ1v) is 10.3. The number of halogens is 1. The van der Waals surface area contributed by atoms with Crippen molar-refractivity contribution in [3.05, 3.63) is 47.1 Å². The molecule has 0 saturated carbocycles. The Morgan fingerprint density at radius 1 is 1.30 bits per heavy atom. The number of nitrogens with one attached hydrogen (secondary N) is 1. The van der Waals surface area contributed by atoms with Crippen LogP contribution in [0.25, 0.3) is 0 Å². The topological polar surface area (TPSA) is 67.3 Å². The van der Waals surface area contributed by atoms with Crippen LogP contribution in [0.15, 0.2) is 33.7 Å². The summed E-state index contributed by atoms with van der Waals surface area (Å²) in [5.74, 6) is 0.737. The zero-order valence-corrected chi connectivity index (χ0v) is 17.3. The molecule has 2 aromatic rings. The van der Waals surface area contributed by atoms with E-state index in [1.807, 2.05) is 33.0 Å². The molecule has 1 saturated heterocycles. The lowest BCUT2D eigenvalue weighted by Gasteiger charge is -2.18. The Labute approximate surface area is 166 Å². The fraction of sp³-hybridized carbons (Fsp3) is 0.550. The molecule has 1 aromatic heterocycles. The van der Waals surface area contributed by atoms with Gasteiger partial charge in [0, 0.05) is 6.04 Å². The molecule has 5 nitrogen and oxygen atoms in total. The molecule has 0 aliphatic carbocycles. The van der Waals surface area contributed by atoms with Crippen LogP contribution < -0.4 is 10.5 Å². The summed E-state index contributed by atoms with van der Waals surface area (Å²) in [6.45, 7) is 7.28. The van der Waals surface area contributed by atoms with Gasteiger partial charge in [-0.1, -0.05) is 23.4 Å². The number of hydrogen-bond acceptors (Lipinski definition) is 6. The number of benzene rings is 1. The van der Waals surface area contributed by atoms with Gasteiger partial charge in [-0.05, 0) is 89.8 Å². The van der Waals surface area contributed by atoms with Crippen molar-refractivity contribution < 1.29 is 8.91 Å². The number of hydrogen-bond donors (Lipinski definition) is 2. The summed E-state index contributed by atoms with van der Waals surface area (Å²) in [6, 6.07) is 6.97. The van der Waals surface area contributed by atoms with Crippen LogP contribution in [0, 0.1) is 19.7 Å². The average molecular weight is 395 g/mol. The van der Waals surface area contributed by atoms with Crippen LogP contribution in [0.2, 0.25) is 0 Å². The van der Waals surface area contributed by atoms with Crippen molar-refractivity contribution in [2.24, 2.45) is 5.73 Å². The van der Waals surface area contributed by atoms with Crippen molar-refractivity contribution in [2.75, 3.05) is 26.7 Å². The van der Waals surface area contributed by atoms with Crippen molar-refractivity contribution in [3.8, 4) is 0 Å². The maximum Gasteiger partial charge on any atom is 0.148 e. The zero-order chi connectivity index (χ0) is 19.6. The highest BCUT2D eigenvalue weighted by Gasteiger charge is 2.14. The Morgan fingerprint density at radius 2 is 2.00 bits per heavy atom. The van der Waals surface area contributed by atoms with Crippen LogP contribution in [0.5, 0.6) is 0 Å². The van der Waals surface area contributed by atoms with Crippen LogP contribution in [0.1, 0.15) is 36.3 Å². The second kappa shape index (κ2) is 11.4. The molecule has 7 heteroatoms. The maximum absolute atomic E-state index is 13.4. The maximum atomic E-state index is 13.4. The molecule has 0 amide bonds. The van der Waals surface area contributed by atoms with E-state index < -0.39 is 0 Å². The monoisotopic (exact) mass is 394 g/mol. The predicted octanol–water partition coefficient (Wildman–Crippen LogP) is 3.70. The highest BCUT2D eigenvalue weighted by molar-refractivity contribution is 7.97. The van der Waals surface area contributed by atoms with Crippen molar-refractivity contribution in [1.29, 1.82) is 0 Å². The first-order chi connectivity index (χ1) is 13.0. The van der Waals surface area contributed by atoms with E-state index in [1.165, 1.54) is 43.9 Å². The smallest absolute Gasteiger partial charge is 0.148 e. The lowest BCUT2D eigenvalue weighted by molar-refractivity contribution is 0.320. The molecular weight excluding hydrogens is 363 g/mol. The standard InChI is InChI=1S/C14H21FN2.C6H10N2OS/c15-14-6-2-1-5-12(14)11-13(16)7-10-17-8-3-4-9-17;1-4-6(10-7-3)5(2)9-8-4/h1-2,5-6,13H,3-4,7-11,16H2;7H,1-3H3. The van der Waals surface area contributed by atoms with Gasteiger partial charge in [-0.25, -0.2) is 4.39 Å². The van der Waals surface area contributed by atoms with Gasteiger partial charge in [-0.15, -0.1) is 0 Å². The van der Waals surface area contributed by atoms with Crippen molar-refractivity contribution in [2.45, 2.75) is 50.5 Å². The molecule has 27 heavy (non-hydrogen) atoms. The van der Waals surface area contributed by atoms with E-state index in [1.54, 1.807) is 6.07 Å². The van der Waals surface area contributed by atoms with Crippen molar-refractivity contribution >= 4 is 11.9 Å². The molecule has 0 radical (unpaired) electrons. The van der Waals surface area contributed by atoms with E-state index in [0.29, 0.717) is 6.42 Å². The Morgan fingerprint density at radius 3 is 2.59 bits per heavy atom. The minimum absolute atomic E-state index is 0.0625. The number of rotatable bonds is 7. The summed E-state index contributed by atoms with van der Waals surface area (Å²) in [5, 5.41) is 3.80. The van der Waals surface area contributed by atoms with Gasteiger partial charge in [0.2, 0.25) is 0 Å². The Bertz CT molecular complexity index is 669. The summed E-state index contributed by atoms with van der Waals surface area (Å²) < 4.78 is 21.3. The van der Waals surface area contributed by atoms with Crippen molar-refractivity contribution in [1.82, 2.24) is 14.8 Å². The molecular formula is C20H31FN4OS.